The summed E-state index contributed by atoms with van der Waals surface area (Å²) in [6.45, 7) is 4.29. The second kappa shape index (κ2) is 1.75. The molecule has 2 heterocycles. The summed E-state index contributed by atoms with van der Waals surface area (Å²) in [4.78, 5) is 6.44. The number of fused-ring (bicyclic) bond motifs is 1. The lowest BCUT2D eigenvalue weighted by Gasteiger charge is -2.04. The maximum Gasteiger partial charge on any atom is 0.205 e. The molecule has 10 heavy (non-hydrogen) atoms. The highest BCUT2D eigenvalue weighted by molar-refractivity contribution is 5.35. The second-order valence-corrected chi connectivity index (χ2v) is 2.77. The van der Waals surface area contributed by atoms with Crippen molar-refractivity contribution in [3.63, 3.8) is 0 Å². The minimum Gasteiger partial charge on any atom is -0.344 e. The molecular formula is C7H11N3. The van der Waals surface area contributed by atoms with E-state index < -0.39 is 0 Å². The van der Waals surface area contributed by atoms with Crippen molar-refractivity contribution < 1.29 is 0 Å². The van der Waals surface area contributed by atoms with Gasteiger partial charge in [0.25, 0.3) is 0 Å². The molecule has 0 fully saturated rings. The fraction of sp³-hybridized carbons (Fsp3) is 0.571. The first-order chi connectivity index (χ1) is 4.79. The van der Waals surface area contributed by atoms with Crippen molar-refractivity contribution in [2.24, 2.45) is 0 Å². The standard InChI is InChI=1S/C7H11N3/c1-6-5-8-7-9(2)3-4-10(6)7/h5H,3-4H2,1-2H3. The lowest BCUT2D eigenvalue weighted by atomic mass is 10.5. The van der Waals surface area contributed by atoms with Gasteiger partial charge < -0.3 is 9.47 Å². The normalized spacial score (nSPS) is 16.0. The molecule has 0 spiro atoms. The Morgan fingerprint density at radius 3 is 3.00 bits per heavy atom. The van der Waals surface area contributed by atoms with Crippen LogP contribution in [0, 0.1) is 6.92 Å². The monoisotopic (exact) mass is 137 g/mol. The van der Waals surface area contributed by atoms with Crippen molar-refractivity contribution in [2.45, 2.75) is 13.5 Å². The van der Waals surface area contributed by atoms with Crippen LogP contribution >= 0.6 is 0 Å². The average molecular weight is 137 g/mol. The Kier molecular flexibility index (Phi) is 1.01. The van der Waals surface area contributed by atoms with E-state index in [9.17, 15) is 0 Å². The number of hydrogen-bond acceptors (Lipinski definition) is 2. The molecule has 1 aromatic rings. The van der Waals surface area contributed by atoms with Crippen molar-refractivity contribution >= 4 is 5.95 Å². The second-order valence-electron chi connectivity index (χ2n) is 2.77. The van der Waals surface area contributed by atoms with E-state index in [4.69, 9.17) is 0 Å². The third kappa shape index (κ3) is 0.574. The molecule has 0 aromatic carbocycles. The highest BCUT2D eigenvalue weighted by Crippen LogP contribution is 2.18. The molecule has 0 saturated heterocycles. The molecule has 0 amide bonds. The number of aryl methyl sites for hydroxylation is 1. The van der Waals surface area contributed by atoms with E-state index in [2.05, 4.69) is 28.4 Å². The van der Waals surface area contributed by atoms with Gasteiger partial charge in [0, 0.05) is 25.8 Å². The Morgan fingerprint density at radius 1 is 1.50 bits per heavy atom. The summed E-state index contributed by atoms with van der Waals surface area (Å²) < 4.78 is 2.24. The van der Waals surface area contributed by atoms with Gasteiger partial charge in [0.1, 0.15) is 0 Å². The minimum atomic E-state index is 1.09. The Morgan fingerprint density at radius 2 is 2.30 bits per heavy atom. The summed E-state index contributed by atoms with van der Waals surface area (Å²) in [5, 5.41) is 0. The average Bonchev–Trinajstić information content (AvgIpc) is 2.41. The van der Waals surface area contributed by atoms with Gasteiger partial charge in [-0.2, -0.15) is 0 Å². The lowest BCUT2D eigenvalue weighted by molar-refractivity contribution is 0.771. The number of anilines is 1. The molecule has 0 N–H and O–H groups in total. The summed E-state index contributed by atoms with van der Waals surface area (Å²) in [7, 11) is 2.07. The van der Waals surface area contributed by atoms with Crippen LogP contribution in [0.25, 0.3) is 0 Å². The Bertz CT molecular complexity index is 251. The van der Waals surface area contributed by atoms with Crippen LogP contribution in [0.4, 0.5) is 5.95 Å². The number of hydrogen-bond donors (Lipinski definition) is 0. The Labute approximate surface area is 60.3 Å². The third-order valence-electron chi connectivity index (χ3n) is 2.03. The summed E-state index contributed by atoms with van der Waals surface area (Å²) >= 11 is 0. The maximum absolute atomic E-state index is 4.27. The molecule has 3 heteroatoms. The first kappa shape index (κ1) is 5.77. The number of aromatic nitrogens is 2. The van der Waals surface area contributed by atoms with E-state index in [1.807, 2.05) is 6.20 Å². The molecular weight excluding hydrogens is 126 g/mol. The SMILES string of the molecule is Cc1cnc2n1CCN2C. The summed E-state index contributed by atoms with van der Waals surface area (Å²) in [6.07, 6.45) is 1.92. The predicted molar refractivity (Wildman–Crippen MR) is 40.2 cm³/mol. The molecule has 0 bridgehead atoms. The minimum absolute atomic E-state index is 1.09. The van der Waals surface area contributed by atoms with Crippen LogP contribution in [0.2, 0.25) is 0 Å². The quantitative estimate of drug-likeness (QED) is 0.523. The zero-order chi connectivity index (χ0) is 7.14. The van der Waals surface area contributed by atoms with Gasteiger partial charge in [0.05, 0.1) is 6.20 Å². The van der Waals surface area contributed by atoms with Crippen molar-refractivity contribution in [1.82, 2.24) is 9.55 Å². The van der Waals surface area contributed by atoms with Crippen LogP contribution in [-0.4, -0.2) is 23.1 Å². The van der Waals surface area contributed by atoms with Crippen molar-refractivity contribution in [1.29, 1.82) is 0 Å². The number of likely N-dealkylation sites (N-methyl/N-ethyl adjacent to an activating group) is 1. The highest BCUT2D eigenvalue weighted by Gasteiger charge is 2.17. The zero-order valence-electron chi connectivity index (χ0n) is 6.33. The maximum atomic E-state index is 4.27. The van der Waals surface area contributed by atoms with E-state index in [1.165, 1.54) is 5.69 Å². The molecule has 3 nitrogen and oxygen atoms in total. The summed E-state index contributed by atoms with van der Waals surface area (Å²) in [5.41, 5.74) is 1.26. The van der Waals surface area contributed by atoms with Crippen LogP contribution in [0.15, 0.2) is 6.20 Å². The Hall–Kier alpha value is -0.990. The van der Waals surface area contributed by atoms with E-state index >= 15 is 0 Å². The summed E-state index contributed by atoms with van der Waals surface area (Å²) in [6, 6.07) is 0. The van der Waals surface area contributed by atoms with Gasteiger partial charge in [-0.25, -0.2) is 4.98 Å². The number of imidazole rings is 1. The first-order valence-electron chi connectivity index (χ1n) is 3.52. The van der Waals surface area contributed by atoms with Crippen LogP contribution in [-0.2, 0) is 6.54 Å². The Balaban J connectivity index is 2.53. The molecule has 0 radical (unpaired) electrons. The number of rotatable bonds is 0. The highest BCUT2D eigenvalue weighted by atomic mass is 15.3. The zero-order valence-corrected chi connectivity index (χ0v) is 6.33. The van der Waals surface area contributed by atoms with Gasteiger partial charge in [0.2, 0.25) is 5.95 Å². The van der Waals surface area contributed by atoms with Crippen molar-refractivity contribution in [3.8, 4) is 0 Å². The van der Waals surface area contributed by atoms with Crippen molar-refractivity contribution in [3.05, 3.63) is 11.9 Å². The van der Waals surface area contributed by atoms with Gasteiger partial charge >= 0.3 is 0 Å². The van der Waals surface area contributed by atoms with Gasteiger partial charge in [-0.05, 0) is 6.92 Å². The largest absolute Gasteiger partial charge is 0.344 e. The topological polar surface area (TPSA) is 21.1 Å². The van der Waals surface area contributed by atoms with E-state index in [0.29, 0.717) is 0 Å². The van der Waals surface area contributed by atoms with E-state index in [-0.39, 0.29) is 0 Å². The molecule has 0 saturated carbocycles. The van der Waals surface area contributed by atoms with Crippen molar-refractivity contribution in [2.75, 3.05) is 18.5 Å². The van der Waals surface area contributed by atoms with E-state index in [1.54, 1.807) is 0 Å². The van der Waals surface area contributed by atoms with Gasteiger partial charge in [-0.15, -0.1) is 0 Å². The molecule has 0 atom stereocenters. The fourth-order valence-electron chi connectivity index (χ4n) is 1.38. The molecule has 1 aromatic heterocycles. The smallest absolute Gasteiger partial charge is 0.205 e. The van der Waals surface area contributed by atoms with Crippen LogP contribution in [0.5, 0.6) is 0 Å². The van der Waals surface area contributed by atoms with Gasteiger partial charge in [0.15, 0.2) is 0 Å². The molecule has 2 rings (SSSR count). The fourth-order valence-corrected chi connectivity index (χ4v) is 1.38. The van der Waals surface area contributed by atoms with Gasteiger partial charge in [-0.1, -0.05) is 0 Å². The summed E-state index contributed by atoms with van der Waals surface area (Å²) in [5.74, 6) is 1.11. The third-order valence-corrected chi connectivity index (χ3v) is 2.03. The molecule has 54 valence electrons. The predicted octanol–water partition coefficient (Wildman–Crippen LogP) is 0.641. The first-order valence-corrected chi connectivity index (χ1v) is 3.52. The van der Waals surface area contributed by atoms with Crippen LogP contribution < -0.4 is 4.90 Å². The number of nitrogens with zero attached hydrogens (tertiary/aromatic N) is 3. The lowest BCUT2D eigenvalue weighted by Crippen LogP contribution is -2.13. The molecule has 0 aliphatic carbocycles. The van der Waals surface area contributed by atoms with Crippen LogP contribution in [0.3, 0.4) is 0 Å². The molecule has 1 aliphatic heterocycles. The van der Waals surface area contributed by atoms with Gasteiger partial charge in [-0.3, -0.25) is 0 Å². The molecule has 1 aliphatic rings. The molecule has 0 unspecified atom stereocenters. The van der Waals surface area contributed by atoms with E-state index in [0.717, 1.165) is 19.0 Å². The van der Waals surface area contributed by atoms with Crippen LogP contribution in [0.1, 0.15) is 5.69 Å².